The molecule has 3 N–H and O–H groups in total. The second-order valence-electron chi connectivity index (χ2n) is 3.50. The molecule has 1 aliphatic heterocycles. The number of hydrogen-bond acceptors (Lipinski definition) is 4. The number of anilines is 2. The first kappa shape index (κ1) is 9.86. The van der Waals surface area contributed by atoms with Crippen LogP contribution in [0.4, 0.5) is 11.4 Å². The van der Waals surface area contributed by atoms with Crippen molar-refractivity contribution in [3.8, 4) is 0 Å². The van der Waals surface area contributed by atoms with E-state index in [0.717, 1.165) is 30.0 Å². The van der Waals surface area contributed by atoms with E-state index in [1.807, 2.05) is 24.3 Å². The largest absolute Gasteiger partial charge is 0.399 e. The van der Waals surface area contributed by atoms with Crippen LogP contribution in [0.1, 0.15) is 6.42 Å². The van der Waals surface area contributed by atoms with Crippen molar-refractivity contribution in [3.05, 3.63) is 36.2 Å². The highest BCUT2D eigenvalue weighted by molar-refractivity contribution is 5.56. The average Bonchev–Trinajstić information content (AvgIpc) is 2.68. The van der Waals surface area contributed by atoms with Crippen LogP contribution in [-0.2, 0) is 4.84 Å². The monoisotopic (exact) mass is 205 g/mol. The van der Waals surface area contributed by atoms with Gasteiger partial charge in [0.15, 0.2) is 0 Å². The van der Waals surface area contributed by atoms with Crippen LogP contribution < -0.4 is 16.1 Å². The summed E-state index contributed by atoms with van der Waals surface area (Å²) >= 11 is 0. The Hall–Kier alpha value is -1.68. The fraction of sp³-hybridized carbons (Fsp3) is 0.273. The van der Waals surface area contributed by atoms with Gasteiger partial charge in [0.05, 0.1) is 12.8 Å². The molecular weight excluding hydrogens is 190 g/mol. The number of nitrogen functional groups attached to an aromatic ring is 1. The summed E-state index contributed by atoms with van der Waals surface area (Å²) < 4.78 is 0. The highest BCUT2D eigenvalue weighted by Gasteiger charge is 2.13. The van der Waals surface area contributed by atoms with Crippen molar-refractivity contribution >= 4 is 11.4 Å². The highest BCUT2D eigenvalue weighted by atomic mass is 16.6. The summed E-state index contributed by atoms with van der Waals surface area (Å²) in [7, 11) is 1.62. The van der Waals surface area contributed by atoms with E-state index in [0.29, 0.717) is 0 Å². The molecule has 0 amide bonds. The molecule has 0 bridgehead atoms. The molecule has 0 saturated heterocycles. The summed E-state index contributed by atoms with van der Waals surface area (Å²) in [5.74, 6) is 0. The molecule has 80 valence electrons. The third kappa shape index (κ3) is 2.22. The van der Waals surface area contributed by atoms with Crippen LogP contribution in [0, 0.1) is 0 Å². The first-order valence-corrected chi connectivity index (χ1v) is 4.91. The molecule has 0 radical (unpaired) electrons. The van der Waals surface area contributed by atoms with Gasteiger partial charge in [-0.25, -0.2) is 0 Å². The summed E-state index contributed by atoms with van der Waals surface area (Å²) in [6.45, 7) is 0.968. The first-order chi connectivity index (χ1) is 7.29. The summed E-state index contributed by atoms with van der Waals surface area (Å²) in [6, 6.07) is 7.85. The van der Waals surface area contributed by atoms with E-state index in [1.54, 1.807) is 7.11 Å². The van der Waals surface area contributed by atoms with Gasteiger partial charge in [-0.3, -0.25) is 10.3 Å². The molecule has 0 saturated carbocycles. The maximum Gasteiger partial charge on any atom is 0.0636 e. The van der Waals surface area contributed by atoms with Crippen molar-refractivity contribution in [2.24, 2.45) is 0 Å². The molecule has 2 rings (SSSR count). The molecule has 1 aliphatic rings. The van der Waals surface area contributed by atoms with Crippen LogP contribution >= 0.6 is 0 Å². The van der Waals surface area contributed by atoms with Gasteiger partial charge in [0, 0.05) is 30.5 Å². The lowest BCUT2D eigenvalue weighted by atomic mass is 10.2. The molecule has 1 aromatic rings. The lowest BCUT2D eigenvalue weighted by Gasteiger charge is -2.14. The van der Waals surface area contributed by atoms with E-state index >= 15 is 0 Å². The van der Waals surface area contributed by atoms with Crippen molar-refractivity contribution in [2.75, 3.05) is 24.3 Å². The van der Waals surface area contributed by atoms with E-state index in [9.17, 15) is 0 Å². The topological polar surface area (TPSA) is 50.5 Å². The summed E-state index contributed by atoms with van der Waals surface area (Å²) in [4.78, 5) is 7.03. The zero-order valence-corrected chi connectivity index (χ0v) is 8.73. The quantitative estimate of drug-likeness (QED) is 0.579. The Bertz CT molecular complexity index is 359. The molecule has 4 heteroatoms. The van der Waals surface area contributed by atoms with Crippen molar-refractivity contribution < 1.29 is 4.84 Å². The minimum absolute atomic E-state index is 0.789. The molecule has 1 heterocycles. The van der Waals surface area contributed by atoms with Gasteiger partial charge in [0.25, 0.3) is 0 Å². The van der Waals surface area contributed by atoms with Crippen molar-refractivity contribution in [1.29, 1.82) is 0 Å². The lowest BCUT2D eigenvalue weighted by Crippen LogP contribution is -2.11. The minimum atomic E-state index is 0.789. The Kier molecular flexibility index (Phi) is 2.78. The Morgan fingerprint density at radius 2 is 2.07 bits per heavy atom. The van der Waals surface area contributed by atoms with E-state index < -0.39 is 0 Å². The summed E-state index contributed by atoms with van der Waals surface area (Å²) in [5.41, 5.74) is 11.5. The molecule has 1 aromatic carbocycles. The fourth-order valence-electron chi connectivity index (χ4n) is 1.64. The summed E-state index contributed by atoms with van der Waals surface area (Å²) in [6.07, 6.45) is 3.02. The second-order valence-corrected chi connectivity index (χ2v) is 3.50. The lowest BCUT2D eigenvalue weighted by molar-refractivity contribution is 0.116. The molecule has 4 nitrogen and oxygen atoms in total. The SMILES string of the molecule is CONC1=CN(c2ccc(N)cc2)CC1. The van der Waals surface area contributed by atoms with Crippen molar-refractivity contribution in [2.45, 2.75) is 6.42 Å². The van der Waals surface area contributed by atoms with Gasteiger partial charge in [-0.15, -0.1) is 0 Å². The molecule has 0 aromatic heterocycles. The van der Waals surface area contributed by atoms with Gasteiger partial charge in [-0.2, -0.15) is 0 Å². The van der Waals surface area contributed by atoms with Gasteiger partial charge in [-0.1, -0.05) is 0 Å². The minimum Gasteiger partial charge on any atom is -0.399 e. The van der Waals surface area contributed by atoms with E-state index in [4.69, 9.17) is 10.6 Å². The van der Waals surface area contributed by atoms with Crippen LogP contribution in [0.5, 0.6) is 0 Å². The van der Waals surface area contributed by atoms with Gasteiger partial charge < -0.3 is 10.6 Å². The molecule has 0 spiro atoms. The van der Waals surface area contributed by atoms with Gasteiger partial charge in [0.1, 0.15) is 0 Å². The van der Waals surface area contributed by atoms with Crippen LogP contribution in [0.15, 0.2) is 36.2 Å². The van der Waals surface area contributed by atoms with Crippen molar-refractivity contribution in [1.82, 2.24) is 5.48 Å². The zero-order valence-electron chi connectivity index (χ0n) is 8.73. The Labute approximate surface area is 89.3 Å². The van der Waals surface area contributed by atoms with Gasteiger partial charge in [-0.05, 0) is 24.3 Å². The first-order valence-electron chi connectivity index (χ1n) is 4.91. The second kappa shape index (κ2) is 4.23. The standard InChI is InChI=1S/C11H15N3O/c1-15-13-10-6-7-14(8-10)11-4-2-9(12)3-5-11/h2-5,8,13H,6-7,12H2,1H3. The Morgan fingerprint density at radius 3 is 2.73 bits per heavy atom. The number of benzene rings is 1. The normalized spacial score (nSPS) is 15.3. The van der Waals surface area contributed by atoms with Crippen LogP contribution in [-0.4, -0.2) is 13.7 Å². The molecular formula is C11H15N3O. The molecule has 0 unspecified atom stereocenters. The highest BCUT2D eigenvalue weighted by Crippen LogP contribution is 2.22. The maximum atomic E-state index is 5.63. The number of hydrogen-bond donors (Lipinski definition) is 2. The Morgan fingerprint density at radius 1 is 1.33 bits per heavy atom. The average molecular weight is 205 g/mol. The number of hydroxylamine groups is 1. The van der Waals surface area contributed by atoms with Crippen LogP contribution in [0.3, 0.4) is 0 Å². The smallest absolute Gasteiger partial charge is 0.0636 e. The van der Waals surface area contributed by atoms with Crippen LogP contribution in [0.2, 0.25) is 0 Å². The molecule has 0 fully saturated rings. The number of rotatable bonds is 3. The number of nitrogens with zero attached hydrogens (tertiary/aromatic N) is 1. The number of nitrogens with one attached hydrogen (secondary N) is 1. The third-order valence-electron chi connectivity index (χ3n) is 2.39. The van der Waals surface area contributed by atoms with E-state index in [1.165, 1.54) is 0 Å². The fourth-order valence-corrected chi connectivity index (χ4v) is 1.64. The van der Waals surface area contributed by atoms with Crippen LogP contribution in [0.25, 0.3) is 0 Å². The molecule has 0 atom stereocenters. The zero-order chi connectivity index (χ0) is 10.7. The Balaban J connectivity index is 2.10. The van der Waals surface area contributed by atoms with Gasteiger partial charge in [0.2, 0.25) is 0 Å². The van der Waals surface area contributed by atoms with Gasteiger partial charge >= 0.3 is 0 Å². The molecule has 0 aliphatic carbocycles. The van der Waals surface area contributed by atoms with E-state index in [-0.39, 0.29) is 0 Å². The summed E-state index contributed by atoms with van der Waals surface area (Å²) in [5, 5.41) is 0. The van der Waals surface area contributed by atoms with Crippen molar-refractivity contribution in [3.63, 3.8) is 0 Å². The number of nitrogens with two attached hydrogens (primary N) is 1. The predicted octanol–water partition coefficient (Wildman–Crippen LogP) is 1.47. The molecule has 15 heavy (non-hydrogen) atoms. The van der Waals surface area contributed by atoms with E-state index in [2.05, 4.69) is 16.6 Å². The predicted molar refractivity (Wildman–Crippen MR) is 61.0 cm³/mol. The third-order valence-corrected chi connectivity index (χ3v) is 2.39. The maximum absolute atomic E-state index is 5.63.